The summed E-state index contributed by atoms with van der Waals surface area (Å²) in [6.07, 6.45) is 1.65. The topological polar surface area (TPSA) is 44.1 Å². The predicted molar refractivity (Wildman–Crippen MR) is 80.9 cm³/mol. The van der Waals surface area contributed by atoms with Crippen molar-refractivity contribution in [1.82, 2.24) is 9.78 Å². The number of halogens is 2. The Labute approximate surface area is 126 Å². The smallest absolute Gasteiger partial charge is 0.267 e. The molecular weight excluding hydrogens is 411 g/mol. The van der Waals surface area contributed by atoms with Crippen LogP contribution in [0, 0.1) is 3.57 Å². The molecule has 0 saturated heterocycles. The van der Waals surface area contributed by atoms with Crippen molar-refractivity contribution < 1.29 is 4.74 Å². The van der Waals surface area contributed by atoms with Crippen LogP contribution < -0.4 is 10.3 Å². The Morgan fingerprint density at radius 1 is 1.39 bits per heavy atom. The van der Waals surface area contributed by atoms with Crippen molar-refractivity contribution in [3.8, 4) is 5.75 Å². The molecule has 1 heterocycles. The summed E-state index contributed by atoms with van der Waals surface area (Å²) in [7, 11) is 0. The Bertz CT molecular complexity index is 601. The molecular formula is C12H10BrIN2O2. The molecule has 0 saturated carbocycles. The Hall–Kier alpha value is -0.890. The first-order valence-electron chi connectivity index (χ1n) is 5.26. The summed E-state index contributed by atoms with van der Waals surface area (Å²) in [4.78, 5) is 11.6. The number of benzene rings is 1. The Morgan fingerprint density at radius 2 is 2.22 bits per heavy atom. The minimum absolute atomic E-state index is 0.111. The largest absolute Gasteiger partial charge is 0.492 e. The van der Waals surface area contributed by atoms with E-state index >= 15 is 0 Å². The van der Waals surface area contributed by atoms with E-state index in [1.807, 2.05) is 24.3 Å². The van der Waals surface area contributed by atoms with Gasteiger partial charge in [-0.05, 0) is 40.8 Å². The highest BCUT2D eigenvalue weighted by atomic mass is 127. The van der Waals surface area contributed by atoms with E-state index in [0.717, 1.165) is 13.8 Å². The second kappa shape index (κ2) is 6.33. The maximum absolute atomic E-state index is 11.6. The van der Waals surface area contributed by atoms with Gasteiger partial charge in [0.1, 0.15) is 12.4 Å². The fourth-order valence-electron chi connectivity index (χ4n) is 1.39. The fourth-order valence-corrected chi connectivity index (χ4v) is 2.16. The molecule has 6 heteroatoms. The molecule has 0 aliphatic heterocycles. The lowest BCUT2D eigenvalue weighted by molar-refractivity contribution is 0.287. The van der Waals surface area contributed by atoms with Crippen LogP contribution in [0.25, 0.3) is 0 Å². The first kappa shape index (κ1) is 13.5. The molecule has 4 nitrogen and oxygen atoms in total. The SMILES string of the molecule is O=c1cc(I)cnn1CCOc1cccc(Br)c1. The lowest BCUT2D eigenvalue weighted by atomic mass is 10.3. The van der Waals surface area contributed by atoms with Crippen molar-refractivity contribution in [2.45, 2.75) is 6.54 Å². The molecule has 0 N–H and O–H groups in total. The van der Waals surface area contributed by atoms with E-state index in [-0.39, 0.29) is 5.56 Å². The zero-order chi connectivity index (χ0) is 13.0. The molecule has 1 aromatic heterocycles. The van der Waals surface area contributed by atoms with E-state index in [0.29, 0.717) is 13.2 Å². The molecule has 0 fully saturated rings. The number of hydrogen-bond acceptors (Lipinski definition) is 3. The fraction of sp³-hybridized carbons (Fsp3) is 0.167. The highest BCUT2D eigenvalue weighted by Gasteiger charge is 1.99. The van der Waals surface area contributed by atoms with Crippen LogP contribution >= 0.6 is 38.5 Å². The Morgan fingerprint density at radius 3 is 2.94 bits per heavy atom. The molecule has 0 aliphatic carbocycles. The van der Waals surface area contributed by atoms with Crippen LogP contribution in [-0.2, 0) is 6.54 Å². The zero-order valence-electron chi connectivity index (χ0n) is 9.35. The molecule has 0 spiro atoms. The first-order chi connectivity index (χ1) is 8.65. The van der Waals surface area contributed by atoms with Gasteiger partial charge in [-0.2, -0.15) is 5.10 Å². The molecule has 0 radical (unpaired) electrons. The monoisotopic (exact) mass is 420 g/mol. The van der Waals surface area contributed by atoms with Gasteiger partial charge < -0.3 is 4.74 Å². The lowest BCUT2D eigenvalue weighted by Gasteiger charge is -2.07. The van der Waals surface area contributed by atoms with E-state index in [2.05, 4.69) is 43.6 Å². The van der Waals surface area contributed by atoms with Crippen LogP contribution in [0.1, 0.15) is 0 Å². The molecule has 0 amide bonds. The quantitative estimate of drug-likeness (QED) is 0.714. The van der Waals surface area contributed by atoms with Crippen molar-refractivity contribution in [3.63, 3.8) is 0 Å². The summed E-state index contributed by atoms with van der Waals surface area (Å²) in [5.74, 6) is 0.767. The molecule has 0 bridgehead atoms. The average molecular weight is 421 g/mol. The van der Waals surface area contributed by atoms with Gasteiger partial charge in [-0.15, -0.1) is 0 Å². The average Bonchev–Trinajstić information content (AvgIpc) is 2.32. The van der Waals surface area contributed by atoms with Crippen molar-refractivity contribution in [2.24, 2.45) is 0 Å². The van der Waals surface area contributed by atoms with Gasteiger partial charge in [-0.3, -0.25) is 4.79 Å². The van der Waals surface area contributed by atoms with Gasteiger partial charge in [0, 0.05) is 14.1 Å². The van der Waals surface area contributed by atoms with Crippen LogP contribution in [0.2, 0.25) is 0 Å². The molecule has 1 aromatic carbocycles. The highest BCUT2D eigenvalue weighted by Crippen LogP contribution is 2.17. The Balaban J connectivity index is 1.94. The van der Waals surface area contributed by atoms with Crippen LogP contribution in [0.4, 0.5) is 0 Å². The maximum Gasteiger partial charge on any atom is 0.267 e. The first-order valence-corrected chi connectivity index (χ1v) is 7.13. The van der Waals surface area contributed by atoms with Gasteiger partial charge in [-0.25, -0.2) is 4.68 Å². The van der Waals surface area contributed by atoms with Gasteiger partial charge in [-0.1, -0.05) is 22.0 Å². The molecule has 0 atom stereocenters. The molecule has 94 valence electrons. The van der Waals surface area contributed by atoms with E-state index in [9.17, 15) is 4.79 Å². The lowest BCUT2D eigenvalue weighted by Crippen LogP contribution is -2.25. The summed E-state index contributed by atoms with van der Waals surface area (Å²) in [6.45, 7) is 0.840. The summed E-state index contributed by atoms with van der Waals surface area (Å²) in [6, 6.07) is 9.12. The third-order valence-corrected chi connectivity index (χ3v) is 3.29. The van der Waals surface area contributed by atoms with Crippen molar-refractivity contribution in [2.75, 3.05) is 6.61 Å². The zero-order valence-corrected chi connectivity index (χ0v) is 13.1. The van der Waals surface area contributed by atoms with E-state index in [1.165, 1.54) is 4.68 Å². The molecule has 0 unspecified atom stereocenters. The van der Waals surface area contributed by atoms with Gasteiger partial charge in [0.2, 0.25) is 0 Å². The second-order valence-corrected chi connectivity index (χ2v) is 5.70. The van der Waals surface area contributed by atoms with Crippen LogP contribution in [0.3, 0.4) is 0 Å². The van der Waals surface area contributed by atoms with Gasteiger partial charge in [0.05, 0.1) is 12.7 Å². The number of rotatable bonds is 4. The molecule has 18 heavy (non-hydrogen) atoms. The van der Waals surface area contributed by atoms with E-state index < -0.39 is 0 Å². The summed E-state index contributed by atoms with van der Waals surface area (Å²) in [5, 5.41) is 4.03. The summed E-state index contributed by atoms with van der Waals surface area (Å²) < 4.78 is 8.73. The second-order valence-electron chi connectivity index (χ2n) is 3.54. The standard InChI is InChI=1S/C12H10BrIN2O2/c13-9-2-1-3-11(6-9)18-5-4-16-12(17)7-10(14)8-15-16/h1-3,6-8H,4-5H2. The Kier molecular flexibility index (Phi) is 4.76. The third kappa shape index (κ3) is 3.81. The van der Waals surface area contributed by atoms with Crippen molar-refractivity contribution in [3.05, 3.63) is 54.9 Å². The maximum atomic E-state index is 11.6. The molecule has 2 aromatic rings. The van der Waals surface area contributed by atoms with Gasteiger partial charge >= 0.3 is 0 Å². The van der Waals surface area contributed by atoms with Crippen LogP contribution in [0.15, 0.2) is 45.8 Å². The van der Waals surface area contributed by atoms with E-state index in [1.54, 1.807) is 12.3 Å². The normalized spacial score (nSPS) is 10.3. The number of aromatic nitrogens is 2. The number of nitrogens with zero attached hydrogens (tertiary/aromatic N) is 2. The van der Waals surface area contributed by atoms with Crippen molar-refractivity contribution in [1.29, 1.82) is 0 Å². The minimum atomic E-state index is -0.111. The van der Waals surface area contributed by atoms with Gasteiger partial charge in [0.25, 0.3) is 5.56 Å². The molecule has 2 rings (SSSR count). The summed E-state index contributed by atoms with van der Waals surface area (Å²) >= 11 is 5.43. The van der Waals surface area contributed by atoms with E-state index in [4.69, 9.17) is 4.74 Å². The van der Waals surface area contributed by atoms with Crippen molar-refractivity contribution >= 4 is 38.5 Å². The third-order valence-electron chi connectivity index (χ3n) is 2.20. The number of hydrogen-bond donors (Lipinski definition) is 0. The predicted octanol–water partition coefficient (Wildman–Crippen LogP) is 2.69. The number of ether oxygens (including phenoxy) is 1. The van der Waals surface area contributed by atoms with Gasteiger partial charge in [0.15, 0.2) is 0 Å². The van der Waals surface area contributed by atoms with Crippen LogP contribution in [0.5, 0.6) is 5.75 Å². The van der Waals surface area contributed by atoms with Crippen LogP contribution in [-0.4, -0.2) is 16.4 Å². The minimum Gasteiger partial charge on any atom is -0.492 e. The summed E-state index contributed by atoms with van der Waals surface area (Å²) in [5.41, 5.74) is -0.111. The highest BCUT2D eigenvalue weighted by molar-refractivity contribution is 14.1. The molecule has 0 aliphatic rings.